The van der Waals surface area contributed by atoms with Crippen LogP contribution in [0.3, 0.4) is 0 Å². The van der Waals surface area contributed by atoms with Gasteiger partial charge in [-0.2, -0.15) is 4.31 Å². The summed E-state index contributed by atoms with van der Waals surface area (Å²) >= 11 is 12.2. The van der Waals surface area contributed by atoms with Gasteiger partial charge >= 0.3 is 0 Å². The van der Waals surface area contributed by atoms with Gasteiger partial charge in [-0.3, -0.25) is 4.79 Å². The van der Waals surface area contributed by atoms with Crippen LogP contribution < -0.4 is 10.1 Å². The summed E-state index contributed by atoms with van der Waals surface area (Å²) in [5.74, 6) is -0.123. The fraction of sp³-hybridized carbons (Fsp3) is 0.350. The van der Waals surface area contributed by atoms with Gasteiger partial charge in [0.15, 0.2) is 0 Å². The maximum Gasteiger partial charge on any atom is 0.246 e. The highest BCUT2D eigenvalue weighted by Crippen LogP contribution is 2.30. The molecule has 2 aromatic rings. The van der Waals surface area contributed by atoms with Crippen LogP contribution in [0.4, 0.5) is 5.69 Å². The van der Waals surface area contributed by atoms with Crippen LogP contribution in [0, 0.1) is 0 Å². The Bertz CT molecular complexity index is 956. The van der Waals surface area contributed by atoms with E-state index in [0.29, 0.717) is 41.0 Å². The van der Waals surface area contributed by atoms with Crippen molar-refractivity contribution in [1.82, 2.24) is 4.31 Å². The van der Waals surface area contributed by atoms with Crippen LogP contribution in [-0.4, -0.2) is 38.3 Å². The molecule has 0 atom stereocenters. The van der Waals surface area contributed by atoms with Crippen LogP contribution in [0.15, 0.2) is 41.3 Å². The van der Waals surface area contributed by atoms with E-state index in [4.69, 9.17) is 27.9 Å². The molecule has 0 radical (unpaired) electrons. The maximum atomic E-state index is 13.0. The molecule has 1 N–H and O–H groups in total. The summed E-state index contributed by atoms with van der Waals surface area (Å²) in [5.41, 5.74) is 0.850. The molecule has 0 aliphatic carbocycles. The van der Waals surface area contributed by atoms with E-state index in [0.717, 1.165) is 0 Å². The Morgan fingerprint density at radius 3 is 2.24 bits per heavy atom. The average molecular weight is 459 g/mol. The third kappa shape index (κ3) is 5.63. The number of rotatable bonds is 9. The quantitative estimate of drug-likeness (QED) is 0.595. The average Bonchev–Trinajstić information content (AvgIpc) is 2.67. The number of amides is 1. The van der Waals surface area contributed by atoms with Crippen molar-refractivity contribution in [2.45, 2.75) is 32.1 Å². The zero-order valence-electron chi connectivity index (χ0n) is 16.5. The first-order valence-electron chi connectivity index (χ1n) is 9.24. The highest BCUT2D eigenvalue weighted by Gasteiger charge is 2.26. The molecule has 0 aromatic heterocycles. The Morgan fingerprint density at radius 1 is 1.07 bits per heavy atom. The molecule has 0 fully saturated rings. The molecule has 29 heavy (non-hydrogen) atoms. The first kappa shape index (κ1) is 23.5. The first-order chi connectivity index (χ1) is 13.7. The van der Waals surface area contributed by atoms with Crippen LogP contribution in [0.2, 0.25) is 10.0 Å². The van der Waals surface area contributed by atoms with Crippen molar-refractivity contribution in [1.29, 1.82) is 0 Å². The van der Waals surface area contributed by atoms with E-state index in [1.165, 1.54) is 16.4 Å². The molecule has 158 valence electrons. The summed E-state index contributed by atoms with van der Waals surface area (Å²) in [6.45, 7) is 6.27. The number of ether oxygens (including phenoxy) is 1. The van der Waals surface area contributed by atoms with E-state index in [9.17, 15) is 13.2 Å². The predicted molar refractivity (Wildman–Crippen MR) is 117 cm³/mol. The molecule has 6 nitrogen and oxygen atoms in total. The second-order valence-electron chi connectivity index (χ2n) is 6.11. The SMILES string of the molecule is CCOc1ccc(NC(=O)Cc2c(Cl)cccc2Cl)cc1S(=O)(=O)N(CC)CC. The molecule has 0 saturated carbocycles. The monoisotopic (exact) mass is 458 g/mol. The Balaban J connectivity index is 2.34. The van der Waals surface area contributed by atoms with Crippen molar-refractivity contribution in [3.63, 3.8) is 0 Å². The molecule has 0 heterocycles. The van der Waals surface area contributed by atoms with Gasteiger partial charge in [-0.05, 0) is 42.8 Å². The fourth-order valence-corrected chi connectivity index (χ4v) is 4.98. The van der Waals surface area contributed by atoms with Gasteiger partial charge < -0.3 is 10.1 Å². The lowest BCUT2D eigenvalue weighted by Gasteiger charge is -2.21. The maximum absolute atomic E-state index is 13.0. The number of nitrogens with one attached hydrogen (secondary N) is 1. The Hall–Kier alpha value is -1.80. The molecular weight excluding hydrogens is 435 g/mol. The minimum atomic E-state index is -3.77. The molecule has 0 aliphatic heterocycles. The van der Waals surface area contributed by atoms with E-state index < -0.39 is 10.0 Å². The van der Waals surface area contributed by atoms with Gasteiger partial charge in [-0.1, -0.05) is 43.1 Å². The van der Waals surface area contributed by atoms with Gasteiger partial charge in [0, 0.05) is 28.8 Å². The third-order valence-corrected chi connectivity index (χ3v) is 7.03. The van der Waals surface area contributed by atoms with Crippen molar-refractivity contribution >= 4 is 44.8 Å². The minimum Gasteiger partial charge on any atom is -0.492 e. The van der Waals surface area contributed by atoms with Gasteiger partial charge in [0.05, 0.1) is 13.0 Å². The number of anilines is 1. The molecule has 1 amide bonds. The van der Waals surface area contributed by atoms with E-state index in [1.54, 1.807) is 45.0 Å². The Morgan fingerprint density at radius 2 is 1.69 bits per heavy atom. The molecule has 2 rings (SSSR count). The smallest absolute Gasteiger partial charge is 0.246 e. The van der Waals surface area contributed by atoms with Crippen molar-refractivity contribution < 1.29 is 17.9 Å². The van der Waals surface area contributed by atoms with E-state index in [-0.39, 0.29) is 23.0 Å². The summed E-state index contributed by atoms with van der Waals surface area (Å²) in [6.07, 6.45) is -0.0379. The number of halogens is 2. The van der Waals surface area contributed by atoms with E-state index >= 15 is 0 Å². The molecule has 0 bridgehead atoms. The van der Waals surface area contributed by atoms with Crippen LogP contribution in [0.1, 0.15) is 26.3 Å². The lowest BCUT2D eigenvalue weighted by atomic mass is 10.1. The first-order valence-corrected chi connectivity index (χ1v) is 11.4. The summed E-state index contributed by atoms with van der Waals surface area (Å²) in [5, 5.41) is 3.49. The third-order valence-electron chi connectivity index (χ3n) is 4.25. The summed E-state index contributed by atoms with van der Waals surface area (Å²) in [6, 6.07) is 9.55. The lowest BCUT2D eigenvalue weighted by Crippen LogP contribution is -2.31. The Labute approximate surface area is 181 Å². The predicted octanol–water partition coefficient (Wildman–Crippen LogP) is 4.60. The van der Waals surface area contributed by atoms with E-state index in [1.807, 2.05) is 0 Å². The number of benzene rings is 2. The highest BCUT2D eigenvalue weighted by molar-refractivity contribution is 7.89. The zero-order chi connectivity index (χ0) is 21.6. The standard InChI is InChI=1S/C20H24Cl2N2O4S/c1-4-24(5-2)29(26,27)19-12-14(10-11-18(19)28-6-3)23-20(25)13-15-16(21)8-7-9-17(15)22/h7-12H,4-6,13H2,1-3H3,(H,23,25). The van der Waals surface area contributed by atoms with Crippen LogP contribution >= 0.6 is 23.2 Å². The molecule has 0 unspecified atom stereocenters. The van der Waals surface area contributed by atoms with Crippen molar-refractivity contribution in [2.75, 3.05) is 25.0 Å². The zero-order valence-corrected chi connectivity index (χ0v) is 18.9. The van der Waals surface area contributed by atoms with Gasteiger partial charge in [0.25, 0.3) is 0 Å². The normalized spacial score (nSPS) is 11.5. The van der Waals surface area contributed by atoms with Crippen molar-refractivity contribution in [2.24, 2.45) is 0 Å². The summed E-state index contributed by atoms with van der Waals surface area (Å²) < 4.78 is 32.8. The Kier molecular flexibility index (Phi) is 8.34. The highest BCUT2D eigenvalue weighted by atomic mass is 35.5. The molecule has 9 heteroatoms. The summed E-state index contributed by atoms with van der Waals surface area (Å²) in [4.78, 5) is 12.5. The number of carbonyl (C=O) groups excluding carboxylic acids is 1. The van der Waals surface area contributed by atoms with Crippen LogP contribution in [0.25, 0.3) is 0 Å². The lowest BCUT2D eigenvalue weighted by molar-refractivity contribution is -0.115. The topological polar surface area (TPSA) is 75.7 Å². The van der Waals surface area contributed by atoms with Crippen LogP contribution in [-0.2, 0) is 21.2 Å². The van der Waals surface area contributed by atoms with Gasteiger partial charge in [-0.25, -0.2) is 8.42 Å². The largest absolute Gasteiger partial charge is 0.492 e. The van der Waals surface area contributed by atoms with E-state index in [2.05, 4.69) is 5.32 Å². The van der Waals surface area contributed by atoms with Gasteiger partial charge in [0.2, 0.25) is 15.9 Å². The molecule has 0 saturated heterocycles. The van der Waals surface area contributed by atoms with Crippen molar-refractivity contribution in [3.8, 4) is 5.75 Å². The molecular formula is C20H24Cl2N2O4S. The van der Waals surface area contributed by atoms with Crippen LogP contribution in [0.5, 0.6) is 5.75 Å². The fourth-order valence-electron chi connectivity index (χ4n) is 2.83. The molecule has 0 aliphatic rings. The molecule has 0 spiro atoms. The number of hydrogen-bond acceptors (Lipinski definition) is 4. The number of nitrogens with zero attached hydrogens (tertiary/aromatic N) is 1. The number of hydrogen-bond donors (Lipinski definition) is 1. The number of sulfonamides is 1. The van der Waals surface area contributed by atoms with Gasteiger partial charge in [0.1, 0.15) is 10.6 Å². The second-order valence-corrected chi connectivity index (χ2v) is 8.83. The molecule has 2 aromatic carbocycles. The number of carbonyl (C=O) groups is 1. The minimum absolute atomic E-state index is 0.0108. The van der Waals surface area contributed by atoms with Crippen molar-refractivity contribution in [3.05, 3.63) is 52.0 Å². The summed E-state index contributed by atoms with van der Waals surface area (Å²) in [7, 11) is -3.77. The van der Waals surface area contributed by atoms with Gasteiger partial charge in [-0.15, -0.1) is 0 Å². The second kappa shape index (κ2) is 10.3.